The second kappa shape index (κ2) is 3.11. The summed E-state index contributed by atoms with van der Waals surface area (Å²) in [6.45, 7) is 7.00. The highest BCUT2D eigenvalue weighted by atomic mass is 15.1. The van der Waals surface area contributed by atoms with Crippen molar-refractivity contribution in [1.29, 1.82) is 0 Å². The van der Waals surface area contributed by atoms with Gasteiger partial charge in [-0.05, 0) is 20.9 Å². The third-order valence-corrected chi connectivity index (χ3v) is 3.05. The summed E-state index contributed by atoms with van der Waals surface area (Å²) in [5.41, 5.74) is 0.291. The zero-order valence-electron chi connectivity index (χ0n) is 7.91. The van der Waals surface area contributed by atoms with E-state index in [1.54, 1.807) is 0 Å². The van der Waals surface area contributed by atoms with Crippen molar-refractivity contribution in [2.75, 3.05) is 20.1 Å². The Balaban J connectivity index is 2.48. The smallest absolute Gasteiger partial charge is 0.0578 e. The lowest BCUT2D eigenvalue weighted by molar-refractivity contribution is -0.841. The summed E-state index contributed by atoms with van der Waals surface area (Å²) in [4.78, 5) is 1.43. The lowest BCUT2D eigenvalue weighted by Gasteiger charge is -2.30. The van der Waals surface area contributed by atoms with Crippen LogP contribution in [0.15, 0.2) is 0 Å². The summed E-state index contributed by atoms with van der Waals surface area (Å²) in [7, 11) is 6.07. The normalized spacial score (nSPS) is 32.7. The van der Waals surface area contributed by atoms with Crippen LogP contribution in [-0.4, -0.2) is 25.7 Å². The van der Waals surface area contributed by atoms with E-state index < -0.39 is 0 Å². The van der Waals surface area contributed by atoms with Crippen molar-refractivity contribution in [2.24, 2.45) is 5.92 Å². The van der Waals surface area contributed by atoms with Crippen LogP contribution < -0.4 is 10.2 Å². The zero-order valence-corrected chi connectivity index (χ0v) is 7.91. The maximum atomic E-state index is 4.02. The molecule has 2 unspecified atom stereocenters. The minimum Gasteiger partial charge on any atom is -0.468 e. The maximum absolute atomic E-state index is 4.02. The molecule has 1 saturated heterocycles. The fraction of sp³-hybridized carbons (Fsp3) is 0.889. The zero-order chi connectivity index (χ0) is 8.48. The molecule has 0 bridgehead atoms. The Kier molecular flexibility index (Phi) is 2.55. The van der Waals surface area contributed by atoms with Crippen molar-refractivity contribution >= 4 is 0 Å². The molecular weight excluding hydrogens is 136 g/mol. The Labute approximate surface area is 70.0 Å². The van der Waals surface area contributed by atoms with Gasteiger partial charge < -0.3 is 10.2 Å². The summed E-state index contributed by atoms with van der Waals surface area (Å²) < 4.78 is 0. The van der Waals surface area contributed by atoms with E-state index in [1.165, 1.54) is 24.4 Å². The minimum absolute atomic E-state index is 0.291. The van der Waals surface area contributed by atoms with Crippen LogP contribution in [-0.2, 0) is 0 Å². The van der Waals surface area contributed by atoms with Crippen LogP contribution in [0.5, 0.6) is 0 Å². The summed E-state index contributed by atoms with van der Waals surface area (Å²) in [5, 5.41) is 3.36. The molecule has 0 spiro atoms. The van der Waals surface area contributed by atoms with Crippen molar-refractivity contribution in [3.05, 3.63) is 7.05 Å². The maximum Gasteiger partial charge on any atom is 0.0578 e. The average Bonchev–Trinajstić information content (AvgIpc) is 2.36. The highest BCUT2D eigenvalue weighted by Gasteiger charge is 2.33. The molecule has 2 heteroatoms. The second-order valence-electron chi connectivity index (χ2n) is 4.16. The van der Waals surface area contributed by atoms with E-state index in [2.05, 4.69) is 26.2 Å². The van der Waals surface area contributed by atoms with Crippen molar-refractivity contribution in [3.63, 3.8) is 0 Å². The van der Waals surface area contributed by atoms with Gasteiger partial charge in [-0.15, -0.1) is 0 Å². The molecule has 2 N–H and O–H groups in total. The van der Waals surface area contributed by atoms with Gasteiger partial charge in [0.2, 0.25) is 0 Å². The van der Waals surface area contributed by atoms with Gasteiger partial charge in [-0.1, -0.05) is 0 Å². The van der Waals surface area contributed by atoms with Gasteiger partial charge in [-0.3, -0.25) is 0 Å². The quantitative estimate of drug-likeness (QED) is 0.524. The SMILES string of the molecule is [CH2-][NH+]1CCC(C(C)(C)NC)C1. The highest BCUT2D eigenvalue weighted by Crippen LogP contribution is 2.19. The van der Waals surface area contributed by atoms with Crippen molar-refractivity contribution in [3.8, 4) is 0 Å². The highest BCUT2D eigenvalue weighted by molar-refractivity contribution is 4.85. The molecule has 0 radical (unpaired) electrons. The Morgan fingerprint density at radius 1 is 1.55 bits per heavy atom. The molecule has 1 aliphatic rings. The van der Waals surface area contributed by atoms with Crippen LogP contribution in [0, 0.1) is 13.0 Å². The van der Waals surface area contributed by atoms with E-state index in [0.717, 1.165) is 5.92 Å². The van der Waals surface area contributed by atoms with Gasteiger partial charge in [0.25, 0.3) is 0 Å². The Morgan fingerprint density at radius 2 is 2.18 bits per heavy atom. The first-order valence-electron chi connectivity index (χ1n) is 4.42. The van der Waals surface area contributed by atoms with Crippen LogP contribution in [0.4, 0.5) is 0 Å². The molecule has 66 valence electrons. The van der Waals surface area contributed by atoms with Gasteiger partial charge in [0.15, 0.2) is 0 Å². The third kappa shape index (κ3) is 1.94. The molecular formula is C9H20N2. The van der Waals surface area contributed by atoms with Gasteiger partial charge in [0.05, 0.1) is 13.1 Å². The van der Waals surface area contributed by atoms with Crippen molar-refractivity contribution in [2.45, 2.75) is 25.8 Å². The Bertz CT molecular complexity index is 132. The predicted molar refractivity (Wildman–Crippen MR) is 47.3 cm³/mol. The molecule has 0 aromatic rings. The molecule has 0 aliphatic carbocycles. The fourth-order valence-corrected chi connectivity index (χ4v) is 1.75. The fourth-order valence-electron chi connectivity index (χ4n) is 1.75. The molecule has 0 aromatic carbocycles. The Hall–Kier alpha value is -0.0800. The Morgan fingerprint density at radius 3 is 2.55 bits per heavy atom. The molecule has 1 rings (SSSR count). The summed E-state index contributed by atoms with van der Waals surface area (Å²) in [6.07, 6.45) is 1.31. The topological polar surface area (TPSA) is 16.5 Å². The standard InChI is InChI=1S/C9H20N2/c1-9(2,10-3)8-5-6-11(4)7-8/h8,10-11H,4-7H2,1-3H3. The summed E-state index contributed by atoms with van der Waals surface area (Å²) in [5.74, 6) is 0.792. The first kappa shape index (κ1) is 9.01. The number of hydrogen-bond acceptors (Lipinski definition) is 1. The van der Waals surface area contributed by atoms with Gasteiger partial charge in [-0.25, -0.2) is 0 Å². The van der Waals surface area contributed by atoms with Crippen LogP contribution >= 0.6 is 0 Å². The molecule has 2 nitrogen and oxygen atoms in total. The molecule has 0 amide bonds. The van der Waals surface area contributed by atoms with Crippen LogP contribution in [0.25, 0.3) is 0 Å². The van der Waals surface area contributed by atoms with Gasteiger partial charge >= 0.3 is 0 Å². The number of rotatable bonds is 2. The van der Waals surface area contributed by atoms with Gasteiger partial charge in [0.1, 0.15) is 0 Å². The lowest BCUT2D eigenvalue weighted by Crippen LogP contribution is -3.05. The van der Waals surface area contributed by atoms with Crippen molar-refractivity contribution < 1.29 is 4.90 Å². The number of nitrogens with one attached hydrogen (secondary N) is 2. The van der Waals surface area contributed by atoms with E-state index in [9.17, 15) is 0 Å². The van der Waals surface area contributed by atoms with Crippen LogP contribution in [0.1, 0.15) is 20.3 Å². The number of quaternary nitrogens is 1. The van der Waals surface area contributed by atoms with E-state index in [1.807, 2.05) is 7.05 Å². The van der Waals surface area contributed by atoms with E-state index in [0.29, 0.717) is 5.54 Å². The third-order valence-electron chi connectivity index (χ3n) is 3.05. The molecule has 11 heavy (non-hydrogen) atoms. The summed E-state index contributed by atoms with van der Waals surface area (Å²) in [6, 6.07) is 0. The monoisotopic (exact) mass is 156 g/mol. The van der Waals surface area contributed by atoms with E-state index in [4.69, 9.17) is 0 Å². The number of hydrogen-bond donors (Lipinski definition) is 2. The lowest BCUT2D eigenvalue weighted by atomic mass is 9.87. The molecule has 1 fully saturated rings. The summed E-state index contributed by atoms with van der Waals surface area (Å²) >= 11 is 0. The first-order valence-corrected chi connectivity index (χ1v) is 4.42. The van der Waals surface area contributed by atoms with Crippen LogP contribution in [0.3, 0.4) is 0 Å². The molecule has 0 aromatic heterocycles. The largest absolute Gasteiger partial charge is 0.468 e. The van der Waals surface area contributed by atoms with Crippen molar-refractivity contribution in [1.82, 2.24) is 5.32 Å². The van der Waals surface area contributed by atoms with Gasteiger partial charge in [0, 0.05) is 17.9 Å². The van der Waals surface area contributed by atoms with E-state index >= 15 is 0 Å². The van der Waals surface area contributed by atoms with Gasteiger partial charge in [-0.2, -0.15) is 7.05 Å². The van der Waals surface area contributed by atoms with E-state index in [-0.39, 0.29) is 0 Å². The second-order valence-corrected chi connectivity index (χ2v) is 4.16. The minimum atomic E-state index is 0.291. The van der Waals surface area contributed by atoms with Crippen LogP contribution in [0.2, 0.25) is 0 Å². The molecule has 1 heterocycles. The first-order chi connectivity index (χ1) is 5.06. The predicted octanol–water partition coefficient (Wildman–Crippen LogP) is -0.319. The molecule has 2 atom stereocenters. The molecule has 1 aliphatic heterocycles. The molecule has 0 saturated carbocycles. The number of likely N-dealkylation sites (tertiary alicyclic amines) is 1. The average molecular weight is 156 g/mol.